The highest BCUT2D eigenvalue weighted by molar-refractivity contribution is 5.31. The second kappa shape index (κ2) is 6.48. The van der Waals surface area contributed by atoms with Gasteiger partial charge in [0.1, 0.15) is 0 Å². The number of halogens is 1. The Morgan fingerprint density at radius 2 is 2.12 bits per heavy atom. The maximum Gasteiger partial charge on any atom is 0.168 e. The fraction of sp³-hybridized carbons (Fsp3) is 0.538. The van der Waals surface area contributed by atoms with E-state index < -0.39 is 0 Å². The maximum absolute atomic E-state index is 13.7. The first-order chi connectivity index (χ1) is 7.65. The third kappa shape index (κ3) is 3.81. The minimum absolute atomic E-state index is 0.227. The van der Waals surface area contributed by atoms with Crippen molar-refractivity contribution in [2.24, 2.45) is 0 Å². The Labute approximate surface area is 96.8 Å². The van der Waals surface area contributed by atoms with Gasteiger partial charge in [0.25, 0.3) is 0 Å². The molecule has 0 radical (unpaired) electrons. The van der Waals surface area contributed by atoms with Gasteiger partial charge in [-0.05, 0) is 31.0 Å². The van der Waals surface area contributed by atoms with Crippen LogP contribution in [-0.2, 0) is 6.42 Å². The molecule has 16 heavy (non-hydrogen) atoms. The number of rotatable bonds is 6. The summed E-state index contributed by atoms with van der Waals surface area (Å²) in [5.41, 5.74) is 0.727. The molecule has 1 N–H and O–H groups in total. The minimum atomic E-state index is -0.227. The van der Waals surface area contributed by atoms with E-state index in [-0.39, 0.29) is 5.82 Å². The normalized spacial score (nSPS) is 10.8. The lowest BCUT2D eigenvalue weighted by molar-refractivity contribution is 0.384. The molecule has 2 nitrogen and oxygen atoms in total. The van der Waals surface area contributed by atoms with Gasteiger partial charge < -0.3 is 10.1 Å². The van der Waals surface area contributed by atoms with Gasteiger partial charge in [-0.15, -0.1) is 0 Å². The van der Waals surface area contributed by atoms with Crippen LogP contribution in [0, 0.1) is 5.82 Å². The van der Waals surface area contributed by atoms with E-state index in [0.29, 0.717) is 11.8 Å². The number of hydrogen-bond donors (Lipinski definition) is 1. The van der Waals surface area contributed by atoms with Gasteiger partial charge in [-0.25, -0.2) is 4.39 Å². The van der Waals surface area contributed by atoms with Crippen LogP contribution in [0.25, 0.3) is 0 Å². The Bertz CT molecular complexity index is 326. The molecule has 0 aliphatic rings. The van der Waals surface area contributed by atoms with Crippen molar-refractivity contribution in [1.82, 2.24) is 5.32 Å². The summed E-state index contributed by atoms with van der Waals surface area (Å²) in [6.45, 7) is 5.12. The molecular formula is C13H20FNO. The van der Waals surface area contributed by atoms with Gasteiger partial charge >= 0.3 is 0 Å². The second-order valence-corrected chi connectivity index (χ2v) is 4.15. The molecule has 1 rings (SSSR count). The van der Waals surface area contributed by atoms with E-state index in [1.165, 1.54) is 7.11 Å². The number of nitrogens with one attached hydrogen (secondary N) is 1. The number of aryl methyl sites for hydroxylation is 1. The molecule has 0 aliphatic carbocycles. The highest BCUT2D eigenvalue weighted by Gasteiger charge is 2.07. The molecular weight excluding hydrogens is 205 g/mol. The smallest absolute Gasteiger partial charge is 0.168 e. The molecule has 0 atom stereocenters. The zero-order valence-corrected chi connectivity index (χ0v) is 10.2. The SMILES string of the molecule is COc1cccc(CCCNC(C)C)c1F. The van der Waals surface area contributed by atoms with Crippen molar-refractivity contribution in [1.29, 1.82) is 0 Å². The highest BCUT2D eigenvalue weighted by atomic mass is 19.1. The van der Waals surface area contributed by atoms with Crippen molar-refractivity contribution < 1.29 is 9.13 Å². The quantitative estimate of drug-likeness (QED) is 0.752. The van der Waals surface area contributed by atoms with Crippen LogP contribution in [0.2, 0.25) is 0 Å². The summed E-state index contributed by atoms with van der Waals surface area (Å²) < 4.78 is 18.7. The molecule has 1 aromatic rings. The molecule has 0 amide bonds. The number of ether oxygens (including phenoxy) is 1. The van der Waals surface area contributed by atoms with Gasteiger partial charge in [0.15, 0.2) is 11.6 Å². The maximum atomic E-state index is 13.7. The minimum Gasteiger partial charge on any atom is -0.494 e. The molecule has 0 fully saturated rings. The summed E-state index contributed by atoms with van der Waals surface area (Å²) in [6, 6.07) is 5.76. The van der Waals surface area contributed by atoms with E-state index in [2.05, 4.69) is 19.2 Å². The molecule has 90 valence electrons. The lowest BCUT2D eigenvalue weighted by Crippen LogP contribution is -2.24. The largest absolute Gasteiger partial charge is 0.494 e. The van der Waals surface area contributed by atoms with E-state index in [1.54, 1.807) is 6.07 Å². The molecule has 0 saturated heterocycles. The van der Waals surface area contributed by atoms with Crippen LogP contribution >= 0.6 is 0 Å². The first-order valence-electron chi connectivity index (χ1n) is 5.70. The number of hydrogen-bond acceptors (Lipinski definition) is 2. The van der Waals surface area contributed by atoms with Crippen LogP contribution in [-0.4, -0.2) is 19.7 Å². The van der Waals surface area contributed by atoms with Crippen LogP contribution in [0.5, 0.6) is 5.75 Å². The van der Waals surface area contributed by atoms with Gasteiger partial charge in [-0.3, -0.25) is 0 Å². The van der Waals surface area contributed by atoms with Crippen LogP contribution < -0.4 is 10.1 Å². The summed E-state index contributed by atoms with van der Waals surface area (Å²) >= 11 is 0. The summed E-state index contributed by atoms with van der Waals surface area (Å²) in [6.07, 6.45) is 1.67. The van der Waals surface area contributed by atoms with Crippen molar-refractivity contribution in [3.63, 3.8) is 0 Å². The monoisotopic (exact) mass is 225 g/mol. The van der Waals surface area contributed by atoms with Crippen molar-refractivity contribution in [3.05, 3.63) is 29.6 Å². The van der Waals surface area contributed by atoms with Crippen LogP contribution in [0.15, 0.2) is 18.2 Å². The fourth-order valence-electron chi connectivity index (χ4n) is 1.58. The molecule has 3 heteroatoms. The third-order valence-corrected chi connectivity index (χ3v) is 2.44. The fourth-order valence-corrected chi connectivity index (χ4v) is 1.58. The Hall–Kier alpha value is -1.09. The average molecular weight is 225 g/mol. The highest BCUT2D eigenvalue weighted by Crippen LogP contribution is 2.20. The van der Waals surface area contributed by atoms with Crippen molar-refractivity contribution in [2.75, 3.05) is 13.7 Å². The van der Waals surface area contributed by atoms with E-state index >= 15 is 0 Å². The van der Waals surface area contributed by atoms with Gasteiger partial charge in [0, 0.05) is 6.04 Å². The summed E-state index contributed by atoms with van der Waals surface area (Å²) in [4.78, 5) is 0. The zero-order valence-electron chi connectivity index (χ0n) is 10.2. The van der Waals surface area contributed by atoms with Gasteiger partial charge in [0.2, 0.25) is 0 Å². The van der Waals surface area contributed by atoms with Crippen LogP contribution in [0.4, 0.5) is 4.39 Å². The number of benzene rings is 1. The Morgan fingerprint density at radius 1 is 1.38 bits per heavy atom. The molecule has 0 heterocycles. The molecule has 0 unspecified atom stereocenters. The lowest BCUT2D eigenvalue weighted by atomic mass is 10.1. The Kier molecular flexibility index (Phi) is 5.26. The molecule has 0 aromatic heterocycles. The second-order valence-electron chi connectivity index (χ2n) is 4.15. The standard InChI is InChI=1S/C13H20FNO/c1-10(2)15-9-5-7-11-6-4-8-12(16-3)13(11)14/h4,6,8,10,15H,5,7,9H2,1-3H3. The third-order valence-electron chi connectivity index (χ3n) is 2.44. The van der Waals surface area contributed by atoms with E-state index in [9.17, 15) is 4.39 Å². The summed E-state index contributed by atoms with van der Waals surface area (Å²) in [5, 5.41) is 3.31. The van der Waals surface area contributed by atoms with Crippen molar-refractivity contribution in [2.45, 2.75) is 32.7 Å². The van der Waals surface area contributed by atoms with E-state index in [1.807, 2.05) is 12.1 Å². The van der Waals surface area contributed by atoms with Gasteiger partial charge in [-0.1, -0.05) is 26.0 Å². The van der Waals surface area contributed by atoms with Crippen LogP contribution in [0.1, 0.15) is 25.8 Å². The Balaban J connectivity index is 2.47. The molecule has 0 saturated carbocycles. The predicted molar refractivity (Wildman–Crippen MR) is 64.4 cm³/mol. The topological polar surface area (TPSA) is 21.3 Å². The van der Waals surface area contributed by atoms with Gasteiger partial charge in [0.05, 0.1) is 7.11 Å². The Morgan fingerprint density at radius 3 is 2.75 bits per heavy atom. The zero-order chi connectivity index (χ0) is 12.0. The van der Waals surface area contributed by atoms with E-state index in [4.69, 9.17) is 4.74 Å². The van der Waals surface area contributed by atoms with E-state index in [0.717, 1.165) is 24.9 Å². The lowest BCUT2D eigenvalue weighted by Gasteiger charge is -2.09. The molecule has 0 bridgehead atoms. The molecule has 1 aromatic carbocycles. The predicted octanol–water partition coefficient (Wildman–Crippen LogP) is 2.76. The summed E-state index contributed by atoms with van der Waals surface area (Å²) in [5.74, 6) is 0.101. The van der Waals surface area contributed by atoms with Gasteiger partial charge in [-0.2, -0.15) is 0 Å². The first kappa shape index (κ1) is 13.0. The number of methoxy groups -OCH3 is 1. The average Bonchev–Trinajstić information content (AvgIpc) is 2.26. The molecule has 0 spiro atoms. The molecule has 0 aliphatic heterocycles. The first-order valence-corrected chi connectivity index (χ1v) is 5.70. The van der Waals surface area contributed by atoms with Crippen molar-refractivity contribution in [3.8, 4) is 5.75 Å². The van der Waals surface area contributed by atoms with Crippen molar-refractivity contribution >= 4 is 0 Å². The van der Waals surface area contributed by atoms with Crippen LogP contribution in [0.3, 0.4) is 0 Å². The summed E-state index contributed by atoms with van der Waals surface area (Å²) in [7, 11) is 1.49.